The predicted octanol–water partition coefficient (Wildman–Crippen LogP) is 1.01. The van der Waals surface area contributed by atoms with Gasteiger partial charge in [-0.1, -0.05) is 12.7 Å². The molecule has 0 aliphatic carbocycles. The Morgan fingerprint density at radius 3 is 2.69 bits per heavy atom. The van der Waals surface area contributed by atoms with Gasteiger partial charge in [0.2, 0.25) is 0 Å². The molecule has 3 heteroatoms. The van der Waals surface area contributed by atoms with Crippen LogP contribution in [-0.4, -0.2) is 37.3 Å². The molecule has 0 aromatic carbocycles. The molecular weight excluding hydrogens is 162 g/mol. The van der Waals surface area contributed by atoms with Crippen molar-refractivity contribution in [2.45, 2.75) is 6.92 Å². The molecular formula is C10H17N3. The van der Waals surface area contributed by atoms with Crippen molar-refractivity contribution in [1.82, 2.24) is 10.2 Å². The van der Waals surface area contributed by atoms with Crippen molar-refractivity contribution in [1.29, 1.82) is 0 Å². The summed E-state index contributed by atoms with van der Waals surface area (Å²) >= 11 is 0. The summed E-state index contributed by atoms with van der Waals surface area (Å²) in [6.07, 6.45) is 5.47. The molecule has 1 aliphatic rings. The van der Waals surface area contributed by atoms with E-state index in [1.807, 2.05) is 13.0 Å². The summed E-state index contributed by atoms with van der Waals surface area (Å²) in [7, 11) is 0. The van der Waals surface area contributed by atoms with Gasteiger partial charge >= 0.3 is 0 Å². The van der Waals surface area contributed by atoms with Crippen LogP contribution in [0.2, 0.25) is 0 Å². The topological polar surface area (TPSA) is 27.6 Å². The van der Waals surface area contributed by atoms with Crippen molar-refractivity contribution in [2.24, 2.45) is 4.99 Å². The molecule has 0 amide bonds. The Kier molecular flexibility index (Phi) is 4.26. The Morgan fingerprint density at radius 2 is 2.15 bits per heavy atom. The fraction of sp³-hybridized carbons (Fsp3) is 0.500. The molecule has 1 fully saturated rings. The summed E-state index contributed by atoms with van der Waals surface area (Å²) in [5.74, 6) is 1.04. The largest absolute Gasteiger partial charge is 0.354 e. The van der Waals surface area contributed by atoms with Crippen LogP contribution in [0.25, 0.3) is 0 Å². The van der Waals surface area contributed by atoms with Crippen molar-refractivity contribution in [3.8, 4) is 0 Å². The van der Waals surface area contributed by atoms with E-state index < -0.39 is 0 Å². The monoisotopic (exact) mass is 179 g/mol. The van der Waals surface area contributed by atoms with Gasteiger partial charge in [0, 0.05) is 32.4 Å². The lowest BCUT2D eigenvalue weighted by molar-refractivity contribution is 0.297. The molecule has 0 aromatic rings. The lowest BCUT2D eigenvalue weighted by Crippen LogP contribution is -2.42. The standard InChI is InChI=1S/C10H17N3/c1-3-5-12-10(4-2)13-8-6-11-7-9-13/h3-5,11H,1,6-9H2,2H3/b10-4+,12-5-. The second-order valence-corrected chi connectivity index (χ2v) is 2.90. The Bertz CT molecular complexity index is 212. The molecule has 1 aliphatic heterocycles. The number of aliphatic imine (C=N–C) groups is 1. The van der Waals surface area contributed by atoms with Gasteiger partial charge in [0.05, 0.1) is 0 Å². The zero-order valence-corrected chi connectivity index (χ0v) is 8.16. The average molecular weight is 179 g/mol. The summed E-state index contributed by atoms with van der Waals surface area (Å²) in [6.45, 7) is 9.77. The van der Waals surface area contributed by atoms with Crippen LogP contribution in [0.4, 0.5) is 0 Å². The molecule has 1 rings (SSSR count). The van der Waals surface area contributed by atoms with Gasteiger partial charge in [-0.15, -0.1) is 0 Å². The summed E-state index contributed by atoms with van der Waals surface area (Å²) < 4.78 is 0. The summed E-state index contributed by atoms with van der Waals surface area (Å²) in [5.41, 5.74) is 0. The van der Waals surface area contributed by atoms with Gasteiger partial charge in [-0.25, -0.2) is 4.99 Å². The molecule has 0 radical (unpaired) electrons. The molecule has 1 saturated heterocycles. The number of hydrogen-bond acceptors (Lipinski definition) is 3. The van der Waals surface area contributed by atoms with Crippen molar-refractivity contribution < 1.29 is 0 Å². The number of rotatable bonds is 3. The minimum atomic E-state index is 1.04. The summed E-state index contributed by atoms with van der Waals surface area (Å²) in [5, 5.41) is 3.31. The molecule has 0 spiro atoms. The second kappa shape index (κ2) is 5.54. The smallest absolute Gasteiger partial charge is 0.124 e. The minimum Gasteiger partial charge on any atom is -0.354 e. The van der Waals surface area contributed by atoms with Gasteiger partial charge in [0.25, 0.3) is 0 Å². The Hall–Kier alpha value is -1.09. The molecule has 0 atom stereocenters. The van der Waals surface area contributed by atoms with Crippen LogP contribution in [0.1, 0.15) is 6.92 Å². The second-order valence-electron chi connectivity index (χ2n) is 2.90. The summed E-state index contributed by atoms with van der Waals surface area (Å²) in [4.78, 5) is 6.57. The van der Waals surface area contributed by atoms with E-state index in [0.29, 0.717) is 0 Å². The molecule has 0 aromatic heterocycles. The number of piperazine rings is 1. The maximum Gasteiger partial charge on any atom is 0.124 e. The normalized spacial score (nSPS) is 19.5. The fourth-order valence-corrected chi connectivity index (χ4v) is 1.36. The van der Waals surface area contributed by atoms with Crippen molar-refractivity contribution in [3.63, 3.8) is 0 Å². The van der Waals surface area contributed by atoms with Gasteiger partial charge in [0.1, 0.15) is 5.82 Å². The van der Waals surface area contributed by atoms with E-state index in [0.717, 1.165) is 32.0 Å². The zero-order valence-electron chi connectivity index (χ0n) is 8.16. The van der Waals surface area contributed by atoms with Gasteiger partial charge in [-0.2, -0.15) is 0 Å². The van der Waals surface area contributed by atoms with Crippen LogP contribution in [0.5, 0.6) is 0 Å². The van der Waals surface area contributed by atoms with Crippen LogP contribution in [0, 0.1) is 0 Å². The Balaban J connectivity index is 2.54. The van der Waals surface area contributed by atoms with Crippen LogP contribution < -0.4 is 5.32 Å². The first-order valence-corrected chi connectivity index (χ1v) is 4.65. The molecule has 72 valence electrons. The fourth-order valence-electron chi connectivity index (χ4n) is 1.36. The van der Waals surface area contributed by atoms with Gasteiger partial charge in [-0.3, -0.25) is 0 Å². The summed E-state index contributed by atoms with van der Waals surface area (Å²) in [6, 6.07) is 0. The van der Waals surface area contributed by atoms with E-state index in [9.17, 15) is 0 Å². The highest BCUT2D eigenvalue weighted by atomic mass is 15.2. The third-order valence-electron chi connectivity index (χ3n) is 2.01. The van der Waals surface area contributed by atoms with E-state index >= 15 is 0 Å². The SMILES string of the molecule is C=C/C=N\C(=C/C)N1CCNCC1. The number of nitrogens with zero attached hydrogens (tertiary/aromatic N) is 2. The lowest BCUT2D eigenvalue weighted by Gasteiger charge is -2.29. The third kappa shape index (κ3) is 3.03. The molecule has 3 nitrogen and oxygen atoms in total. The first kappa shape index (κ1) is 9.99. The molecule has 13 heavy (non-hydrogen) atoms. The molecule has 1 heterocycles. The third-order valence-corrected chi connectivity index (χ3v) is 2.01. The molecule has 1 N–H and O–H groups in total. The van der Waals surface area contributed by atoms with Gasteiger partial charge in [-0.05, 0) is 13.0 Å². The quantitative estimate of drug-likeness (QED) is 0.655. The Morgan fingerprint density at radius 1 is 1.46 bits per heavy atom. The molecule has 0 saturated carbocycles. The highest BCUT2D eigenvalue weighted by Crippen LogP contribution is 2.06. The maximum atomic E-state index is 4.30. The molecule has 0 unspecified atom stereocenters. The predicted molar refractivity (Wildman–Crippen MR) is 56.9 cm³/mol. The Labute approximate surface area is 79.8 Å². The van der Waals surface area contributed by atoms with Crippen molar-refractivity contribution >= 4 is 6.21 Å². The van der Waals surface area contributed by atoms with Crippen molar-refractivity contribution in [2.75, 3.05) is 26.2 Å². The highest BCUT2D eigenvalue weighted by Gasteiger charge is 2.10. The lowest BCUT2D eigenvalue weighted by atomic mass is 10.3. The first-order valence-electron chi connectivity index (χ1n) is 4.65. The van der Waals surface area contributed by atoms with E-state index in [1.54, 1.807) is 12.3 Å². The van der Waals surface area contributed by atoms with E-state index in [2.05, 4.69) is 21.8 Å². The van der Waals surface area contributed by atoms with Crippen LogP contribution in [-0.2, 0) is 0 Å². The van der Waals surface area contributed by atoms with Gasteiger partial charge in [0.15, 0.2) is 0 Å². The average Bonchev–Trinajstić information content (AvgIpc) is 2.21. The molecule has 0 bridgehead atoms. The van der Waals surface area contributed by atoms with Crippen LogP contribution in [0.15, 0.2) is 29.5 Å². The minimum absolute atomic E-state index is 1.04. The van der Waals surface area contributed by atoms with E-state index in [1.165, 1.54) is 0 Å². The number of nitrogens with one attached hydrogen (secondary N) is 1. The van der Waals surface area contributed by atoms with Crippen LogP contribution in [0.3, 0.4) is 0 Å². The van der Waals surface area contributed by atoms with E-state index in [4.69, 9.17) is 0 Å². The van der Waals surface area contributed by atoms with Crippen molar-refractivity contribution in [3.05, 3.63) is 24.6 Å². The number of allylic oxidation sites excluding steroid dienone is 2. The first-order chi connectivity index (χ1) is 6.38. The maximum absolute atomic E-state index is 4.30. The zero-order chi connectivity index (χ0) is 9.52. The highest BCUT2D eigenvalue weighted by molar-refractivity contribution is 5.71. The van der Waals surface area contributed by atoms with Crippen LogP contribution >= 0.6 is 0 Å². The van der Waals surface area contributed by atoms with Gasteiger partial charge < -0.3 is 10.2 Å². The number of hydrogen-bond donors (Lipinski definition) is 1. The van der Waals surface area contributed by atoms with E-state index in [-0.39, 0.29) is 0 Å².